The first-order chi connectivity index (χ1) is 13.4. The molecule has 1 atom stereocenters. The van der Waals surface area contributed by atoms with Crippen molar-refractivity contribution in [3.63, 3.8) is 0 Å². The molecular weight excluding hydrogens is 366 g/mol. The Kier molecular flexibility index (Phi) is 5.59. The maximum absolute atomic E-state index is 12.8. The molecule has 2 heterocycles. The number of pyridine rings is 1. The fourth-order valence-corrected chi connectivity index (χ4v) is 2.87. The summed E-state index contributed by atoms with van der Waals surface area (Å²) in [5.74, 6) is -2.34. The van der Waals surface area contributed by atoms with Gasteiger partial charge in [0.25, 0.3) is 11.8 Å². The highest BCUT2D eigenvalue weighted by molar-refractivity contribution is 6.00. The molecule has 3 rings (SSSR count). The van der Waals surface area contributed by atoms with E-state index in [0.29, 0.717) is 5.56 Å². The quantitative estimate of drug-likeness (QED) is 0.449. The molecule has 0 aliphatic carbocycles. The third-order valence-electron chi connectivity index (χ3n) is 4.30. The van der Waals surface area contributed by atoms with Crippen LogP contribution in [0.5, 0.6) is 5.75 Å². The molecule has 0 saturated heterocycles. The fraction of sp³-hybridized carbons (Fsp3) is 0.316. The predicted octanol–water partition coefficient (Wildman–Crippen LogP) is 1.31. The maximum Gasteiger partial charge on any atom is 0.297 e. The third-order valence-corrected chi connectivity index (χ3v) is 4.30. The number of nitrogens with one attached hydrogen (secondary N) is 2. The van der Waals surface area contributed by atoms with Gasteiger partial charge in [-0.15, -0.1) is 0 Å². The molecule has 0 spiro atoms. The van der Waals surface area contributed by atoms with E-state index in [1.165, 1.54) is 11.7 Å². The van der Waals surface area contributed by atoms with Crippen molar-refractivity contribution >= 4 is 11.8 Å². The average molecular weight is 387 g/mol. The number of hydroxylamine groups is 1. The molecule has 28 heavy (non-hydrogen) atoms. The number of nitrogens with zero attached hydrogens (tertiary/aromatic N) is 1. The Labute approximate surface area is 161 Å². The van der Waals surface area contributed by atoms with Gasteiger partial charge in [0.15, 0.2) is 11.4 Å². The van der Waals surface area contributed by atoms with Crippen molar-refractivity contribution in [3.05, 3.63) is 58.9 Å². The van der Waals surface area contributed by atoms with Crippen molar-refractivity contribution in [2.24, 2.45) is 0 Å². The Morgan fingerprint density at radius 3 is 2.61 bits per heavy atom. The Morgan fingerprint density at radius 1 is 1.25 bits per heavy atom. The highest BCUT2D eigenvalue weighted by Gasteiger charge is 2.35. The lowest BCUT2D eigenvalue weighted by molar-refractivity contribution is -0.180. The Hall–Kier alpha value is -3.01. The summed E-state index contributed by atoms with van der Waals surface area (Å²) < 4.78 is 11.3. The van der Waals surface area contributed by atoms with Crippen LogP contribution in [0.15, 0.2) is 36.5 Å². The molecule has 0 bridgehead atoms. The smallest absolute Gasteiger partial charge is 0.297 e. The summed E-state index contributed by atoms with van der Waals surface area (Å²) in [7, 11) is 0. The topological polar surface area (TPSA) is 130 Å². The van der Waals surface area contributed by atoms with Gasteiger partial charge in [-0.25, -0.2) is 10.5 Å². The molecule has 2 aromatic rings. The minimum Gasteiger partial charge on any atom is -0.460 e. The number of rotatable bonds is 5. The number of hydrogen-bond acceptors (Lipinski definition) is 7. The third kappa shape index (κ3) is 3.96. The molecule has 9 nitrogen and oxygen atoms in total. The van der Waals surface area contributed by atoms with Crippen molar-refractivity contribution in [2.75, 3.05) is 6.61 Å². The van der Waals surface area contributed by atoms with Gasteiger partial charge in [0.05, 0.1) is 24.8 Å². The molecule has 9 heteroatoms. The van der Waals surface area contributed by atoms with Crippen molar-refractivity contribution in [2.45, 2.75) is 32.3 Å². The van der Waals surface area contributed by atoms with E-state index in [0.717, 1.165) is 5.56 Å². The van der Waals surface area contributed by atoms with Crippen LogP contribution in [0.1, 0.15) is 51.9 Å². The standard InChI is InChI=1S/C19H21N3O6/c1-19(2)27-10-13-12(8-20-15(16(13)28-19)18(25)22-26)17(24)21-14(9-23)11-6-4-3-5-7-11/h3-8,14,23,26H,9-10H2,1-2H3,(H,21,24)(H,22,25)/t14-/m1/s1. The number of ether oxygens (including phenoxy) is 2. The number of fused-ring (bicyclic) bond motifs is 1. The maximum atomic E-state index is 12.8. The first kappa shape index (κ1) is 19.7. The van der Waals surface area contributed by atoms with Gasteiger partial charge >= 0.3 is 0 Å². The van der Waals surface area contributed by atoms with E-state index < -0.39 is 23.6 Å². The van der Waals surface area contributed by atoms with E-state index in [1.807, 2.05) is 6.07 Å². The van der Waals surface area contributed by atoms with Gasteiger partial charge in [-0.3, -0.25) is 14.8 Å². The molecule has 1 aliphatic rings. The number of hydrogen-bond donors (Lipinski definition) is 4. The minimum absolute atomic E-state index is 0.00838. The lowest BCUT2D eigenvalue weighted by Gasteiger charge is -2.34. The second-order valence-corrected chi connectivity index (χ2v) is 6.68. The monoisotopic (exact) mass is 387 g/mol. The van der Waals surface area contributed by atoms with Gasteiger partial charge < -0.3 is 19.9 Å². The molecule has 148 valence electrons. The van der Waals surface area contributed by atoms with E-state index in [4.69, 9.17) is 14.7 Å². The van der Waals surface area contributed by atoms with Crippen LogP contribution < -0.4 is 15.5 Å². The van der Waals surface area contributed by atoms with E-state index in [1.54, 1.807) is 38.1 Å². The van der Waals surface area contributed by atoms with Crippen LogP contribution in [0, 0.1) is 0 Å². The van der Waals surface area contributed by atoms with Gasteiger partial charge in [0.2, 0.25) is 5.79 Å². The normalized spacial score (nSPS) is 15.7. The Morgan fingerprint density at radius 2 is 1.96 bits per heavy atom. The zero-order chi connectivity index (χ0) is 20.3. The van der Waals surface area contributed by atoms with Crippen molar-refractivity contribution in [1.29, 1.82) is 0 Å². The molecule has 1 aliphatic heterocycles. The zero-order valence-corrected chi connectivity index (χ0v) is 15.4. The van der Waals surface area contributed by atoms with Gasteiger partial charge in [-0.1, -0.05) is 30.3 Å². The van der Waals surface area contributed by atoms with Crippen LogP contribution in [-0.4, -0.2) is 39.5 Å². The average Bonchev–Trinajstić information content (AvgIpc) is 2.70. The summed E-state index contributed by atoms with van der Waals surface area (Å²) in [6.07, 6.45) is 1.21. The first-order valence-corrected chi connectivity index (χ1v) is 8.62. The number of aliphatic hydroxyl groups excluding tert-OH is 1. The second kappa shape index (κ2) is 7.93. The molecule has 2 amide bonds. The number of benzene rings is 1. The van der Waals surface area contributed by atoms with Gasteiger partial charge in [0.1, 0.15) is 0 Å². The van der Waals surface area contributed by atoms with Crippen LogP contribution in [-0.2, 0) is 11.3 Å². The van der Waals surface area contributed by atoms with E-state index in [-0.39, 0.29) is 30.2 Å². The second-order valence-electron chi connectivity index (χ2n) is 6.68. The van der Waals surface area contributed by atoms with E-state index in [9.17, 15) is 14.7 Å². The van der Waals surface area contributed by atoms with E-state index in [2.05, 4.69) is 10.3 Å². The summed E-state index contributed by atoms with van der Waals surface area (Å²) in [5, 5.41) is 21.4. The SMILES string of the molecule is CC1(C)OCc2c(C(=O)N[C@H](CO)c3ccccc3)cnc(C(=O)NO)c2O1. The number of carbonyl (C=O) groups is 2. The molecule has 0 radical (unpaired) electrons. The van der Waals surface area contributed by atoms with Gasteiger partial charge in [-0.05, 0) is 5.56 Å². The van der Waals surface area contributed by atoms with Crippen molar-refractivity contribution < 1.29 is 29.4 Å². The molecule has 1 aromatic carbocycles. The van der Waals surface area contributed by atoms with Crippen molar-refractivity contribution in [3.8, 4) is 5.75 Å². The Balaban J connectivity index is 1.96. The largest absolute Gasteiger partial charge is 0.460 e. The summed E-state index contributed by atoms with van der Waals surface area (Å²) in [6.45, 7) is 3.02. The van der Waals surface area contributed by atoms with Crippen LogP contribution in [0.4, 0.5) is 0 Å². The molecule has 4 N–H and O–H groups in total. The summed E-state index contributed by atoms with van der Waals surface area (Å²) in [5.41, 5.74) is 2.57. The van der Waals surface area contributed by atoms with Gasteiger partial charge in [-0.2, -0.15) is 0 Å². The van der Waals surface area contributed by atoms with Crippen LogP contribution >= 0.6 is 0 Å². The summed E-state index contributed by atoms with van der Waals surface area (Å²) in [4.78, 5) is 28.7. The van der Waals surface area contributed by atoms with E-state index >= 15 is 0 Å². The number of carbonyl (C=O) groups excluding carboxylic acids is 2. The number of amides is 2. The summed E-state index contributed by atoms with van der Waals surface area (Å²) in [6, 6.07) is 8.41. The fourth-order valence-electron chi connectivity index (χ4n) is 2.87. The predicted molar refractivity (Wildman–Crippen MR) is 96.7 cm³/mol. The lowest BCUT2D eigenvalue weighted by Crippen LogP contribution is -2.39. The zero-order valence-electron chi connectivity index (χ0n) is 15.4. The molecule has 0 saturated carbocycles. The highest BCUT2D eigenvalue weighted by Crippen LogP contribution is 2.35. The van der Waals surface area contributed by atoms with Crippen LogP contribution in [0.2, 0.25) is 0 Å². The van der Waals surface area contributed by atoms with Crippen LogP contribution in [0.3, 0.4) is 0 Å². The number of aliphatic hydroxyl groups is 1. The highest BCUT2D eigenvalue weighted by atomic mass is 16.7. The Bertz CT molecular complexity index is 885. The summed E-state index contributed by atoms with van der Waals surface area (Å²) >= 11 is 0. The van der Waals surface area contributed by atoms with Crippen LogP contribution in [0.25, 0.3) is 0 Å². The molecule has 1 aromatic heterocycles. The van der Waals surface area contributed by atoms with Crippen molar-refractivity contribution in [1.82, 2.24) is 15.8 Å². The number of aromatic nitrogens is 1. The molecular formula is C19H21N3O6. The molecule has 0 unspecified atom stereocenters. The minimum atomic E-state index is -1.04. The van der Waals surface area contributed by atoms with Gasteiger partial charge in [0, 0.05) is 25.6 Å². The molecule has 0 fully saturated rings. The lowest BCUT2D eigenvalue weighted by atomic mass is 10.0. The first-order valence-electron chi connectivity index (χ1n) is 8.62.